The lowest BCUT2D eigenvalue weighted by Crippen LogP contribution is -2.54. The Hall–Kier alpha value is -2.90. The number of rotatable bonds is 5. The van der Waals surface area contributed by atoms with Gasteiger partial charge in [0, 0.05) is 19.7 Å². The third-order valence-corrected chi connectivity index (χ3v) is 5.81. The number of benzene rings is 1. The Morgan fingerprint density at radius 1 is 1.24 bits per heavy atom. The second kappa shape index (κ2) is 8.23. The number of carbonyl (C=O) groups excluding carboxylic acids is 4. The van der Waals surface area contributed by atoms with Crippen LogP contribution in [0.15, 0.2) is 30.3 Å². The Kier molecular flexibility index (Phi) is 5.91. The van der Waals surface area contributed by atoms with E-state index in [1.54, 1.807) is 44.4 Å². The zero-order chi connectivity index (χ0) is 21.2. The van der Waals surface area contributed by atoms with Crippen molar-refractivity contribution >= 4 is 23.8 Å². The molecular weight excluding hydrogens is 374 g/mol. The minimum Gasteiger partial charge on any atom is -0.446 e. The molecule has 1 saturated carbocycles. The highest BCUT2D eigenvalue weighted by molar-refractivity contribution is 6.09. The first-order valence-corrected chi connectivity index (χ1v) is 9.86. The third-order valence-electron chi connectivity index (χ3n) is 5.81. The zero-order valence-corrected chi connectivity index (χ0v) is 17.0. The molecule has 3 rings (SSSR count). The summed E-state index contributed by atoms with van der Waals surface area (Å²) in [7, 11) is 3.13. The molecule has 156 valence electrons. The molecule has 8 nitrogen and oxygen atoms in total. The zero-order valence-electron chi connectivity index (χ0n) is 17.0. The average molecular weight is 401 g/mol. The lowest BCUT2D eigenvalue weighted by Gasteiger charge is -2.36. The molecule has 1 N–H and O–H groups in total. The first kappa shape index (κ1) is 20.8. The number of amides is 4. The maximum absolute atomic E-state index is 13.0. The van der Waals surface area contributed by atoms with E-state index >= 15 is 0 Å². The van der Waals surface area contributed by atoms with Crippen LogP contribution in [0.1, 0.15) is 44.3 Å². The van der Waals surface area contributed by atoms with Crippen LogP contribution in [0.5, 0.6) is 0 Å². The number of ether oxygens (including phenoxy) is 1. The number of hydrogen-bond acceptors (Lipinski definition) is 5. The number of hydrogen-bond donors (Lipinski definition) is 1. The van der Waals surface area contributed by atoms with E-state index < -0.39 is 36.1 Å². The van der Waals surface area contributed by atoms with E-state index in [0.29, 0.717) is 12.0 Å². The van der Waals surface area contributed by atoms with Crippen LogP contribution in [0.25, 0.3) is 0 Å². The van der Waals surface area contributed by atoms with Crippen molar-refractivity contribution in [2.75, 3.05) is 20.6 Å². The maximum atomic E-state index is 13.0. The van der Waals surface area contributed by atoms with Crippen molar-refractivity contribution in [2.45, 2.75) is 44.2 Å². The second-order valence-electron chi connectivity index (χ2n) is 7.95. The van der Waals surface area contributed by atoms with Crippen LogP contribution in [-0.4, -0.2) is 59.8 Å². The molecule has 4 amide bonds. The summed E-state index contributed by atoms with van der Waals surface area (Å²) in [5.74, 6) is -1.60. The van der Waals surface area contributed by atoms with E-state index in [4.69, 9.17) is 4.74 Å². The molecule has 1 spiro atoms. The topological polar surface area (TPSA) is 96.0 Å². The predicted molar refractivity (Wildman–Crippen MR) is 105 cm³/mol. The highest BCUT2D eigenvalue weighted by Crippen LogP contribution is 2.38. The second-order valence-corrected chi connectivity index (χ2v) is 7.95. The van der Waals surface area contributed by atoms with E-state index in [2.05, 4.69) is 5.32 Å². The molecule has 0 aromatic heterocycles. The number of likely N-dealkylation sites (N-methyl/N-ethyl adjacent to an activating group) is 1. The largest absolute Gasteiger partial charge is 0.446 e. The molecule has 3 atom stereocenters. The van der Waals surface area contributed by atoms with Gasteiger partial charge in [0.1, 0.15) is 12.1 Å². The van der Waals surface area contributed by atoms with E-state index in [1.165, 1.54) is 4.90 Å². The van der Waals surface area contributed by atoms with Crippen LogP contribution in [0, 0.1) is 5.92 Å². The van der Waals surface area contributed by atoms with Gasteiger partial charge in [0.05, 0.1) is 0 Å². The lowest BCUT2D eigenvalue weighted by atomic mass is 9.73. The Bertz CT molecular complexity index is 810. The molecule has 1 aliphatic heterocycles. The molecule has 1 heterocycles. The van der Waals surface area contributed by atoms with Crippen LogP contribution in [0.2, 0.25) is 0 Å². The van der Waals surface area contributed by atoms with Gasteiger partial charge in [-0.3, -0.25) is 19.3 Å². The smallest absolute Gasteiger partial charge is 0.327 e. The van der Waals surface area contributed by atoms with Gasteiger partial charge >= 0.3 is 12.0 Å². The van der Waals surface area contributed by atoms with Gasteiger partial charge in [-0.25, -0.2) is 4.79 Å². The summed E-state index contributed by atoms with van der Waals surface area (Å²) in [6, 6.07) is 8.06. The molecule has 2 aliphatic rings. The predicted octanol–water partition coefficient (Wildman–Crippen LogP) is 1.86. The quantitative estimate of drug-likeness (QED) is 0.600. The summed E-state index contributed by atoms with van der Waals surface area (Å²) in [6.07, 6.45) is 2.14. The van der Waals surface area contributed by atoms with Gasteiger partial charge in [-0.15, -0.1) is 0 Å². The molecule has 2 fully saturated rings. The fraction of sp³-hybridized carbons (Fsp3) is 0.524. The normalized spacial score (nSPS) is 24.9. The molecule has 8 heteroatoms. The third kappa shape index (κ3) is 3.97. The van der Waals surface area contributed by atoms with Crippen LogP contribution in [0.4, 0.5) is 4.79 Å². The van der Waals surface area contributed by atoms with Crippen LogP contribution < -0.4 is 5.32 Å². The van der Waals surface area contributed by atoms with Gasteiger partial charge in [0.25, 0.3) is 11.8 Å². The molecule has 0 unspecified atom stereocenters. The number of esters is 1. The van der Waals surface area contributed by atoms with Gasteiger partial charge in [-0.05, 0) is 18.8 Å². The summed E-state index contributed by atoms with van der Waals surface area (Å²) in [5, 5.41) is 2.80. The SMILES string of the molecule is C[C@@H]1CCCC[C@@]12NC(=O)N(CC(=O)O[C@H](C(=O)N(C)C)c1ccccc1)C2=O. The summed E-state index contributed by atoms with van der Waals surface area (Å²) < 4.78 is 5.42. The number of imide groups is 1. The molecule has 1 aromatic carbocycles. The van der Waals surface area contributed by atoms with Crippen molar-refractivity contribution in [3.8, 4) is 0 Å². The Morgan fingerprint density at radius 2 is 1.93 bits per heavy atom. The van der Waals surface area contributed by atoms with Crippen LogP contribution in [0.3, 0.4) is 0 Å². The minimum absolute atomic E-state index is 0.00102. The average Bonchev–Trinajstić information content (AvgIpc) is 2.93. The maximum Gasteiger partial charge on any atom is 0.327 e. The minimum atomic E-state index is -1.14. The van der Waals surface area contributed by atoms with Gasteiger partial charge in [-0.1, -0.05) is 50.1 Å². The first-order chi connectivity index (χ1) is 13.8. The molecule has 1 aromatic rings. The fourth-order valence-electron chi connectivity index (χ4n) is 4.06. The Morgan fingerprint density at radius 3 is 2.55 bits per heavy atom. The standard InChI is InChI=1S/C21H27N3O5/c1-14-9-7-8-12-21(14)19(27)24(20(28)22-21)13-16(25)29-17(18(26)23(2)3)15-10-5-4-6-11-15/h4-6,10-11,14,17H,7-9,12-13H2,1-3H3,(H,22,28)/t14-,17+,21-/m1/s1. The number of nitrogens with zero attached hydrogens (tertiary/aromatic N) is 2. The number of urea groups is 1. The van der Waals surface area contributed by atoms with Crippen molar-refractivity contribution in [3.05, 3.63) is 35.9 Å². The molecule has 0 bridgehead atoms. The Labute approximate surface area is 170 Å². The summed E-state index contributed by atoms with van der Waals surface area (Å²) in [4.78, 5) is 52.8. The van der Waals surface area contributed by atoms with Crippen molar-refractivity contribution < 1.29 is 23.9 Å². The highest BCUT2D eigenvalue weighted by Gasteiger charge is 2.55. The molecular formula is C21H27N3O5. The van der Waals surface area contributed by atoms with Crippen LogP contribution >= 0.6 is 0 Å². The number of nitrogens with one attached hydrogen (secondary N) is 1. The Balaban J connectivity index is 1.74. The van der Waals surface area contributed by atoms with Gasteiger partial charge < -0.3 is 15.0 Å². The van der Waals surface area contributed by atoms with Crippen molar-refractivity contribution in [1.29, 1.82) is 0 Å². The number of carbonyl (C=O) groups is 4. The van der Waals surface area contributed by atoms with Gasteiger partial charge in [0.2, 0.25) is 6.10 Å². The van der Waals surface area contributed by atoms with E-state index in [-0.39, 0.29) is 11.8 Å². The molecule has 29 heavy (non-hydrogen) atoms. The van der Waals surface area contributed by atoms with E-state index in [1.807, 2.05) is 6.92 Å². The highest BCUT2D eigenvalue weighted by atomic mass is 16.5. The summed E-state index contributed by atoms with van der Waals surface area (Å²) in [5.41, 5.74) is -0.414. The summed E-state index contributed by atoms with van der Waals surface area (Å²) in [6.45, 7) is 1.42. The fourth-order valence-corrected chi connectivity index (χ4v) is 4.06. The van der Waals surface area contributed by atoms with Gasteiger partial charge in [-0.2, -0.15) is 0 Å². The first-order valence-electron chi connectivity index (χ1n) is 9.86. The van der Waals surface area contributed by atoms with E-state index in [0.717, 1.165) is 24.2 Å². The summed E-state index contributed by atoms with van der Waals surface area (Å²) >= 11 is 0. The van der Waals surface area contributed by atoms with Crippen molar-refractivity contribution in [1.82, 2.24) is 15.1 Å². The van der Waals surface area contributed by atoms with Crippen molar-refractivity contribution in [2.24, 2.45) is 5.92 Å². The van der Waals surface area contributed by atoms with Gasteiger partial charge in [0.15, 0.2) is 0 Å². The molecule has 1 saturated heterocycles. The monoisotopic (exact) mass is 401 g/mol. The molecule has 0 radical (unpaired) electrons. The van der Waals surface area contributed by atoms with Crippen LogP contribution in [-0.2, 0) is 19.1 Å². The lowest BCUT2D eigenvalue weighted by molar-refractivity contribution is -0.161. The molecule has 1 aliphatic carbocycles. The van der Waals surface area contributed by atoms with Crippen molar-refractivity contribution in [3.63, 3.8) is 0 Å². The van der Waals surface area contributed by atoms with E-state index in [9.17, 15) is 19.2 Å².